The minimum absolute atomic E-state index is 0.0795. The van der Waals surface area contributed by atoms with Crippen LogP contribution in [-0.2, 0) is 26.0 Å². The smallest absolute Gasteiger partial charge is 0.274 e. The van der Waals surface area contributed by atoms with Crippen molar-refractivity contribution in [3.8, 4) is 0 Å². The topological polar surface area (TPSA) is 99.2 Å². The van der Waals surface area contributed by atoms with Gasteiger partial charge >= 0.3 is 0 Å². The molecule has 0 saturated carbocycles. The predicted molar refractivity (Wildman–Crippen MR) is 111 cm³/mol. The van der Waals surface area contributed by atoms with Gasteiger partial charge in [-0.05, 0) is 49.6 Å². The van der Waals surface area contributed by atoms with Gasteiger partial charge in [-0.3, -0.25) is 13.9 Å². The summed E-state index contributed by atoms with van der Waals surface area (Å²) in [5, 5.41) is 2.80. The summed E-state index contributed by atoms with van der Waals surface area (Å²) in [7, 11) is -3.39. The summed E-state index contributed by atoms with van der Waals surface area (Å²) in [5.74, 6) is -0.195. The van der Waals surface area contributed by atoms with E-state index in [9.17, 15) is 18.0 Å². The molecular formula is C20H22N4O4S. The Balaban J connectivity index is 1.53. The Hall–Kier alpha value is -2.94. The van der Waals surface area contributed by atoms with Crippen molar-refractivity contribution < 1.29 is 18.0 Å². The number of carbonyl (C=O) groups excluding carboxylic acids is 2. The van der Waals surface area contributed by atoms with Crippen LogP contribution in [0.1, 0.15) is 25.3 Å². The van der Waals surface area contributed by atoms with Crippen molar-refractivity contribution in [1.82, 2.24) is 4.90 Å². The largest absolute Gasteiger partial charge is 0.326 e. The van der Waals surface area contributed by atoms with Gasteiger partial charge in [-0.15, -0.1) is 0 Å². The zero-order valence-corrected chi connectivity index (χ0v) is 17.1. The summed E-state index contributed by atoms with van der Waals surface area (Å²) in [4.78, 5) is 30.9. The number of nitrogens with one attached hydrogen (secondary N) is 1. The first-order valence-corrected chi connectivity index (χ1v) is 11.2. The molecule has 0 spiro atoms. The first-order chi connectivity index (χ1) is 13.7. The van der Waals surface area contributed by atoms with E-state index >= 15 is 0 Å². The number of anilines is 2. The number of allylic oxidation sites excluding steroid dienone is 2. The van der Waals surface area contributed by atoms with Crippen molar-refractivity contribution >= 4 is 39.0 Å². The number of carbonyl (C=O) groups is 2. The second-order valence-corrected chi connectivity index (χ2v) is 9.53. The van der Waals surface area contributed by atoms with Crippen LogP contribution in [-0.4, -0.2) is 49.3 Å². The summed E-state index contributed by atoms with van der Waals surface area (Å²) < 4.78 is 25.6. The van der Waals surface area contributed by atoms with Gasteiger partial charge < -0.3 is 10.2 Å². The molecule has 1 N–H and O–H groups in total. The Morgan fingerprint density at radius 1 is 1.31 bits per heavy atom. The summed E-state index contributed by atoms with van der Waals surface area (Å²) in [6.07, 6.45) is 9.68. The second kappa shape index (κ2) is 6.84. The molecule has 4 rings (SSSR count). The van der Waals surface area contributed by atoms with Gasteiger partial charge in [-0.1, -0.05) is 12.1 Å². The fourth-order valence-electron chi connectivity index (χ4n) is 3.91. The van der Waals surface area contributed by atoms with Crippen LogP contribution in [0.4, 0.5) is 11.4 Å². The molecule has 0 unspecified atom stereocenters. The minimum atomic E-state index is -3.39. The average molecular weight is 414 g/mol. The first-order valence-electron chi connectivity index (χ1n) is 9.36. The molecule has 152 valence electrons. The highest BCUT2D eigenvalue weighted by molar-refractivity contribution is 7.92. The molecule has 2 amide bonds. The van der Waals surface area contributed by atoms with Crippen LogP contribution in [0.3, 0.4) is 0 Å². The number of sulfonamides is 1. The molecule has 0 aromatic heterocycles. The van der Waals surface area contributed by atoms with E-state index < -0.39 is 15.6 Å². The van der Waals surface area contributed by atoms with E-state index in [-0.39, 0.29) is 18.2 Å². The number of hydrogen-bond donors (Lipinski definition) is 1. The fraction of sp³-hybridized carbons (Fsp3) is 0.350. The van der Waals surface area contributed by atoms with Gasteiger partial charge in [0.1, 0.15) is 11.4 Å². The standard InChI is InChI=1S/C20H22N4O4S/c1-20(19(26)22-17-7-3-4-10-23(17)20)13-18(25)21-15-9-8-14-6-5-11-24(16(14)12-15)29(2,27)28/h3-4,7-10,12H,5-6,11,13H2,1-2H3,(H,21,25)/t20-/m0/s1. The maximum absolute atomic E-state index is 12.7. The minimum Gasteiger partial charge on any atom is -0.326 e. The lowest BCUT2D eigenvalue weighted by Crippen LogP contribution is -2.48. The van der Waals surface area contributed by atoms with Crippen LogP contribution >= 0.6 is 0 Å². The number of amidine groups is 1. The summed E-state index contributed by atoms with van der Waals surface area (Å²) in [5.41, 5.74) is 0.928. The van der Waals surface area contributed by atoms with Crippen molar-refractivity contribution in [2.45, 2.75) is 31.7 Å². The number of fused-ring (bicyclic) bond motifs is 2. The van der Waals surface area contributed by atoms with Crippen LogP contribution in [0.15, 0.2) is 47.6 Å². The maximum Gasteiger partial charge on any atom is 0.274 e. The molecule has 0 aliphatic carbocycles. The highest BCUT2D eigenvalue weighted by atomic mass is 32.2. The lowest BCUT2D eigenvalue weighted by molar-refractivity contribution is -0.128. The molecule has 0 saturated heterocycles. The van der Waals surface area contributed by atoms with Crippen molar-refractivity contribution in [3.05, 3.63) is 48.2 Å². The molecular weight excluding hydrogens is 392 g/mol. The normalized spacial score (nSPS) is 23.0. The van der Waals surface area contributed by atoms with Gasteiger partial charge in [0.25, 0.3) is 5.91 Å². The molecule has 1 aromatic carbocycles. The molecule has 29 heavy (non-hydrogen) atoms. The molecule has 0 fully saturated rings. The highest BCUT2D eigenvalue weighted by Gasteiger charge is 2.46. The number of hydrogen-bond acceptors (Lipinski definition) is 5. The molecule has 8 nitrogen and oxygen atoms in total. The van der Waals surface area contributed by atoms with E-state index in [0.29, 0.717) is 23.8 Å². The molecule has 0 radical (unpaired) electrons. The number of aryl methyl sites for hydroxylation is 1. The van der Waals surface area contributed by atoms with Crippen molar-refractivity contribution in [3.63, 3.8) is 0 Å². The van der Waals surface area contributed by atoms with Gasteiger partial charge in [0, 0.05) is 18.4 Å². The van der Waals surface area contributed by atoms with E-state index in [1.54, 1.807) is 48.4 Å². The van der Waals surface area contributed by atoms with E-state index in [1.165, 1.54) is 10.6 Å². The Bertz CT molecular complexity index is 1090. The van der Waals surface area contributed by atoms with E-state index in [1.807, 2.05) is 6.07 Å². The Morgan fingerprint density at radius 2 is 2.10 bits per heavy atom. The zero-order chi connectivity index (χ0) is 20.8. The lowest BCUT2D eigenvalue weighted by atomic mass is 9.94. The maximum atomic E-state index is 12.7. The van der Waals surface area contributed by atoms with Crippen LogP contribution in [0.25, 0.3) is 0 Å². The third-order valence-corrected chi connectivity index (χ3v) is 6.58. The van der Waals surface area contributed by atoms with Crippen molar-refractivity contribution in [2.75, 3.05) is 22.4 Å². The zero-order valence-electron chi connectivity index (χ0n) is 16.3. The molecule has 3 aliphatic rings. The monoisotopic (exact) mass is 414 g/mol. The molecule has 9 heteroatoms. The van der Waals surface area contributed by atoms with E-state index in [4.69, 9.17) is 0 Å². The van der Waals surface area contributed by atoms with Crippen LogP contribution in [0.2, 0.25) is 0 Å². The number of aliphatic imine (C=N–C) groups is 1. The Morgan fingerprint density at radius 3 is 2.86 bits per heavy atom. The number of rotatable bonds is 4. The van der Waals surface area contributed by atoms with Gasteiger partial charge in [0.05, 0.1) is 18.4 Å². The van der Waals surface area contributed by atoms with Crippen LogP contribution in [0, 0.1) is 0 Å². The quantitative estimate of drug-likeness (QED) is 0.810. The summed E-state index contributed by atoms with van der Waals surface area (Å²) in [6.45, 7) is 2.11. The molecule has 1 atom stereocenters. The predicted octanol–water partition coefficient (Wildman–Crippen LogP) is 1.81. The lowest BCUT2D eigenvalue weighted by Gasteiger charge is -2.32. The van der Waals surface area contributed by atoms with Gasteiger partial charge in [-0.2, -0.15) is 4.99 Å². The first kappa shape index (κ1) is 19.4. The summed E-state index contributed by atoms with van der Waals surface area (Å²) >= 11 is 0. The van der Waals surface area contributed by atoms with Crippen molar-refractivity contribution in [1.29, 1.82) is 0 Å². The highest BCUT2D eigenvalue weighted by Crippen LogP contribution is 2.33. The van der Waals surface area contributed by atoms with E-state index in [2.05, 4.69) is 10.3 Å². The molecule has 0 bridgehead atoms. The fourth-order valence-corrected chi connectivity index (χ4v) is 4.90. The number of amides is 2. The molecule has 1 aromatic rings. The molecule has 3 heterocycles. The number of nitrogens with zero attached hydrogens (tertiary/aromatic N) is 3. The van der Waals surface area contributed by atoms with Gasteiger partial charge in [-0.25, -0.2) is 8.42 Å². The van der Waals surface area contributed by atoms with Crippen molar-refractivity contribution in [2.24, 2.45) is 4.99 Å². The van der Waals surface area contributed by atoms with Crippen LogP contribution in [0.5, 0.6) is 0 Å². The SMILES string of the molecule is C[C@]1(CC(=O)Nc2ccc3c(c2)N(S(C)(=O)=O)CCC3)C(=O)N=C2C=CC=CN21. The van der Waals surface area contributed by atoms with Crippen LogP contribution < -0.4 is 9.62 Å². The van der Waals surface area contributed by atoms with Gasteiger partial charge in [0.2, 0.25) is 15.9 Å². The Kier molecular flexibility index (Phi) is 4.57. The van der Waals surface area contributed by atoms with E-state index in [0.717, 1.165) is 18.4 Å². The number of benzene rings is 1. The average Bonchev–Trinajstić information content (AvgIpc) is 2.90. The third-order valence-electron chi connectivity index (χ3n) is 5.40. The summed E-state index contributed by atoms with van der Waals surface area (Å²) in [6, 6.07) is 5.27. The molecule has 3 aliphatic heterocycles. The third kappa shape index (κ3) is 3.46. The second-order valence-electron chi connectivity index (χ2n) is 7.63. The van der Waals surface area contributed by atoms with Gasteiger partial charge in [0.15, 0.2) is 0 Å². The Labute approximate surface area is 169 Å².